The van der Waals surface area contributed by atoms with Crippen molar-refractivity contribution in [3.63, 3.8) is 0 Å². The van der Waals surface area contributed by atoms with Crippen molar-refractivity contribution in [2.75, 3.05) is 31.6 Å². The molecule has 2 heterocycles. The number of nitrogens with zero attached hydrogens (tertiary/aromatic N) is 3. The Labute approximate surface area is 137 Å². The SMILES string of the molecule is CCCNCc1cc(Br)cnc1N1CC(C)N(C)C(C)C1. The summed E-state index contributed by atoms with van der Waals surface area (Å²) in [4.78, 5) is 9.58. The highest BCUT2D eigenvalue weighted by Gasteiger charge is 2.28. The number of hydrogen-bond acceptors (Lipinski definition) is 4. The van der Waals surface area contributed by atoms with Crippen LogP contribution in [0.25, 0.3) is 0 Å². The Kier molecular flexibility index (Phi) is 6.02. The predicted molar refractivity (Wildman–Crippen MR) is 92.8 cm³/mol. The first-order valence-corrected chi connectivity index (χ1v) is 8.64. The standard InChI is InChI=1S/C16H27BrN4/c1-5-6-18-8-14-7-15(17)9-19-16(14)21-10-12(2)20(4)13(3)11-21/h7,9,12-13,18H,5-6,8,10-11H2,1-4H3. The normalized spacial score (nSPS) is 23.6. The van der Waals surface area contributed by atoms with Crippen LogP contribution in [-0.2, 0) is 6.54 Å². The molecule has 1 N–H and O–H groups in total. The van der Waals surface area contributed by atoms with Gasteiger partial charge in [0, 0.05) is 48.0 Å². The number of nitrogens with one attached hydrogen (secondary N) is 1. The molecular formula is C16H27BrN4. The van der Waals surface area contributed by atoms with Crippen molar-refractivity contribution in [2.45, 2.75) is 45.8 Å². The Morgan fingerprint density at radius 3 is 2.62 bits per heavy atom. The molecule has 0 spiro atoms. The van der Waals surface area contributed by atoms with Gasteiger partial charge in [0.2, 0.25) is 0 Å². The molecule has 0 aromatic carbocycles. The van der Waals surface area contributed by atoms with Gasteiger partial charge in [0.15, 0.2) is 0 Å². The number of likely N-dealkylation sites (N-methyl/N-ethyl adjacent to an activating group) is 1. The Hall–Kier alpha value is -0.650. The zero-order valence-electron chi connectivity index (χ0n) is 13.6. The highest BCUT2D eigenvalue weighted by atomic mass is 79.9. The van der Waals surface area contributed by atoms with Gasteiger partial charge in [0.1, 0.15) is 5.82 Å². The minimum Gasteiger partial charge on any atom is -0.353 e. The molecule has 1 aliphatic heterocycles. The van der Waals surface area contributed by atoms with Crippen molar-refractivity contribution in [2.24, 2.45) is 0 Å². The van der Waals surface area contributed by atoms with Crippen LogP contribution in [0, 0.1) is 0 Å². The van der Waals surface area contributed by atoms with Gasteiger partial charge in [-0.3, -0.25) is 4.90 Å². The fourth-order valence-corrected chi connectivity index (χ4v) is 3.24. The Morgan fingerprint density at radius 1 is 1.33 bits per heavy atom. The summed E-state index contributed by atoms with van der Waals surface area (Å²) in [6, 6.07) is 3.30. The Balaban J connectivity index is 2.18. The minimum atomic E-state index is 0.552. The first kappa shape index (κ1) is 16.7. The zero-order valence-corrected chi connectivity index (χ0v) is 15.2. The van der Waals surface area contributed by atoms with E-state index in [9.17, 15) is 0 Å². The summed E-state index contributed by atoms with van der Waals surface area (Å²) in [6.45, 7) is 10.8. The first-order valence-electron chi connectivity index (χ1n) is 7.85. The molecule has 1 aromatic rings. The van der Waals surface area contributed by atoms with E-state index in [0.717, 1.165) is 42.9 Å². The van der Waals surface area contributed by atoms with Crippen molar-refractivity contribution in [1.29, 1.82) is 0 Å². The maximum atomic E-state index is 4.70. The summed E-state index contributed by atoms with van der Waals surface area (Å²) in [5.41, 5.74) is 1.28. The minimum absolute atomic E-state index is 0.552. The van der Waals surface area contributed by atoms with Gasteiger partial charge in [-0.15, -0.1) is 0 Å². The molecule has 0 radical (unpaired) electrons. The number of piperazine rings is 1. The van der Waals surface area contributed by atoms with Crippen molar-refractivity contribution >= 4 is 21.7 Å². The smallest absolute Gasteiger partial charge is 0.133 e. The van der Waals surface area contributed by atoms with Crippen LogP contribution in [0.3, 0.4) is 0 Å². The summed E-state index contributed by atoms with van der Waals surface area (Å²) in [5.74, 6) is 1.13. The quantitative estimate of drug-likeness (QED) is 0.823. The second-order valence-electron chi connectivity index (χ2n) is 6.08. The van der Waals surface area contributed by atoms with Gasteiger partial charge in [0.05, 0.1) is 0 Å². The fourth-order valence-electron chi connectivity index (χ4n) is 2.87. The summed E-state index contributed by atoms with van der Waals surface area (Å²) in [7, 11) is 2.21. The number of rotatable bonds is 5. The highest BCUT2D eigenvalue weighted by Crippen LogP contribution is 2.25. The van der Waals surface area contributed by atoms with E-state index in [1.54, 1.807) is 0 Å². The van der Waals surface area contributed by atoms with Crippen molar-refractivity contribution < 1.29 is 0 Å². The molecule has 21 heavy (non-hydrogen) atoms. The zero-order chi connectivity index (χ0) is 15.4. The van der Waals surface area contributed by atoms with Gasteiger partial charge in [-0.2, -0.15) is 0 Å². The van der Waals surface area contributed by atoms with Gasteiger partial charge < -0.3 is 10.2 Å². The van der Waals surface area contributed by atoms with E-state index in [2.05, 4.69) is 64.9 Å². The van der Waals surface area contributed by atoms with E-state index in [0.29, 0.717) is 12.1 Å². The number of halogens is 1. The molecule has 0 amide bonds. The maximum Gasteiger partial charge on any atom is 0.133 e. The average Bonchev–Trinajstić information content (AvgIpc) is 2.45. The van der Waals surface area contributed by atoms with Gasteiger partial charge >= 0.3 is 0 Å². The topological polar surface area (TPSA) is 31.4 Å². The fraction of sp³-hybridized carbons (Fsp3) is 0.688. The summed E-state index contributed by atoms with van der Waals surface area (Å²) < 4.78 is 1.05. The second kappa shape index (κ2) is 7.56. The van der Waals surface area contributed by atoms with Crippen molar-refractivity contribution in [3.8, 4) is 0 Å². The third-order valence-electron chi connectivity index (χ3n) is 4.31. The molecule has 5 heteroatoms. The summed E-state index contributed by atoms with van der Waals surface area (Å²) in [5, 5.41) is 3.49. The monoisotopic (exact) mass is 354 g/mol. The molecule has 2 rings (SSSR count). The van der Waals surface area contributed by atoms with Crippen LogP contribution >= 0.6 is 15.9 Å². The lowest BCUT2D eigenvalue weighted by molar-refractivity contribution is 0.169. The van der Waals surface area contributed by atoms with Crippen molar-refractivity contribution in [3.05, 3.63) is 22.3 Å². The molecule has 0 aliphatic carbocycles. The van der Waals surface area contributed by atoms with Crippen LogP contribution in [0.2, 0.25) is 0 Å². The lowest BCUT2D eigenvalue weighted by Gasteiger charge is -2.43. The van der Waals surface area contributed by atoms with Crippen LogP contribution in [-0.4, -0.2) is 48.6 Å². The number of anilines is 1. The van der Waals surface area contributed by atoms with Crippen LogP contribution in [0.5, 0.6) is 0 Å². The largest absolute Gasteiger partial charge is 0.353 e. The van der Waals surface area contributed by atoms with E-state index >= 15 is 0 Å². The summed E-state index contributed by atoms with van der Waals surface area (Å²) >= 11 is 3.55. The van der Waals surface area contributed by atoms with Crippen LogP contribution < -0.4 is 10.2 Å². The van der Waals surface area contributed by atoms with E-state index < -0.39 is 0 Å². The van der Waals surface area contributed by atoms with Crippen LogP contribution in [0.1, 0.15) is 32.8 Å². The molecule has 1 saturated heterocycles. The lowest BCUT2D eigenvalue weighted by atomic mass is 10.1. The predicted octanol–water partition coefficient (Wildman–Crippen LogP) is 2.87. The first-order chi connectivity index (χ1) is 10.0. The molecule has 2 unspecified atom stereocenters. The third-order valence-corrected chi connectivity index (χ3v) is 4.74. The molecule has 2 atom stereocenters. The molecule has 4 nitrogen and oxygen atoms in total. The Morgan fingerprint density at radius 2 is 2.00 bits per heavy atom. The molecule has 0 bridgehead atoms. The van der Waals surface area contributed by atoms with E-state index in [4.69, 9.17) is 4.98 Å². The molecule has 1 aromatic heterocycles. The maximum absolute atomic E-state index is 4.70. The third kappa shape index (κ3) is 4.18. The van der Waals surface area contributed by atoms with Crippen molar-refractivity contribution in [1.82, 2.24) is 15.2 Å². The number of pyridine rings is 1. The van der Waals surface area contributed by atoms with E-state index in [1.807, 2.05) is 6.20 Å². The number of hydrogen-bond donors (Lipinski definition) is 1. The van der Waals surface area contributed by atoms with Crippen LogP contribution in [0.15, 0.2) is 16.7 Å². The molecule has 118 valence electrons. The average molecular weight is 355 g/mol. The number of aromatic nitrogens is 1. The van der Waals surface area contributed by atoms with Crippen LogP contribution in [0.4, 0.5) is 5.82 Å². The van der Waals surface area contributed by atoms with Gasteiger partial charge in [-0.1, -0.05) is 6.92 Å². The molecular weight excluding hydrogens is 328 g/mol. The molecule has 1 aliphatic rings. The van der Waals surface area contributed by atoms with Gasteiger partial charge in [-0.25, -0.2) is 4.98 Å². The van der Waals surface area contributed by atoms with E-state index in [1.165, 1.54) is 5.56 Å². The van der Waals surface area contributed by atoms with Gasteiger partial charge in [0.25, 0.3) is 0 Å². The van der Waals surface area contributed by atoms with E-state index in [-0.39, 0.29) is 0 Å². The molecule has 1 fully saturated rings. The highest BCUT2D eigenvalue weighted by molar-refractivity contribution is 9.10. The molecule has 0 saturated carbocycles. The Bertz CT molecular complexity index is 454. The lowest BCUT2D eigenvalue weighted by Crippen LogP contribution is -2.55. The van der Waals surface area contributed by atoms with Gasteiger partial charge in [-0.05, 0) is 55.9 Å². The second-order valence-corrected chi connectivity index (χ2v) is 7.00. The summed E-state index contributed by atoms with van der Waals surface area (Å²) in [6.07, 6.45) is 3.06.